The van der Waals surface area contributed by atoms with Crippen molar-refractivity contribution in [1.29, 1.82) is 10.5 Å². The molecule has 0 amide bonds. The van der Waals surface area contributed by atoms with Gasteiger partial charge in [0, 0.05) is 6.57 Å². The van der Waals surface area contributed by atoms with Crippen molar-refractivity contribution in [1.82, 2.24) is 0 Å². The van der Waals surface area contributed by atoms with Crippen LogP contribution in [0.15, 0.2) is 0 Å². The van der Waals surface area contributed by atoms with Crippen LogP contribution in [0.25, 0.3) is 0 Å². The summed E-state index contributed by atoms with van der Waals surface area (Å²) in [4.78, 5) is 0. The molecule has 0 radical (unpaired) electrons. The van der Waals surface area contributed by atoms with Gasteiger partial charge < -0.3 is 11.8 Å². The molecular formula is C2HN2Na. The van der Waals surface area contributed by atoms with Crippen molar-refractivity contribution < 1.29 is 29.6 Å². The van der Waals surface area contributed by atoms with Crippen LogP contribution < -0.4 is 29.6 Å². The second kappa shape index (κ2) is 88400. The maximum Gasteiger partial charge on any atom is 1.00 e. The Hall–Kier alpha value is -0.0200. The van der Waals surface area contributed by atoms with Crippen molar-refractivity contribution in [3.8, 4) is 6.57 Å². The molecule has 0 N–H and O–H groups in total. The molecule has 0 aliphatic heterocycles. The van der Waals surface area contributed by atoms with Crippen molar-refractivity contribution in [2.45, 2.75) is 0 Å². The minimum absolute atomic E-state index is 0. The molecule has 0 aliphatic rings. The SMILES string of the molecule is C#N.[C-]#N.[Na+]. The second-order valence-electron chi connectivity index (χ2n) is 0. The quantitative estimate of drug-likeness (QED) is 0.232. The molecule has 0 saturated heterocycles. The molecular weight excluding hydrogens is 75.0 g/mol. The zero-order valence-corrected chi connectivity index (χ0v) is 4.97. The Labute approximate surface area is 53.3 Å². The van der Waals surface area contributed by atoms with Gasteiger partial charge in [0.15, 0.2) is 0 Å². The van der Waals surface area contributed by atoms with E-state index < -0.39 is 0 Å². The van der Waals surface area contributed by atoms with Crippen LogP contribution in [0.5, 0.6) is 0 Å². The van der Waals surface area contributed by atoms with E-state index in [2.05, 4.69) is 6.57 Å². The van der Waals surface area contributed by atoms with Crippen LogP contribution in [0, 0.1) is 23.7 Å². The molecule has 0 heterocycles. The summed E-state index contributed by atoms with van der Waals surface area (Å²) < 4.78 is 0. The number of nitriles is 1. The minimum atomic E-state index is 0. The Balaban J connectivity index is -0.0000000133. The molecule has 20 valence electrons. The summed E-state index contributed by atoms with van der Waals surface area (Å²) >= 11 is 0. The van der Waals surface area contributed by atoms with E-state index in [-0.39, 0.29) is 29.6 Å². The molecule has 0 saturated carbocycles. The van der Waals surface area contributed by atoms with Crippen LogP contribution in [-0.2, 0) is 0 Å². The van der Waals surface area contributed by atoms with Gasteiger partial charge >= 0.3 is 29.6 Å². The summed E-state index contributed by atoms with van der Waals surface area (Å²) in [5, 5.41) is 12.8. The van der Waals surface area contributed by atoms with Crippen LogP contribution in [-0.4, -0.2) is 0 Å². The zero-order chi connectivity index (χ0) is 4.00. The van der Waals surface area contributed by atoms with Gasteiger partial charge in [-0.1, -0.05) is 0 Å². The average Bonchev–Trinajstić information content (AvgIpc) is 1.50. The van der Waals surface area contributed by atoms with Gasteiger partial charge in [-0.25, -0.2) is 5.26 Å². The molecule has 0 aromatic carbocycles. The van der Waals surface area contributed by atoms with Crippen molar-refractivity contribution in [2.24, 2.45) is 0 Å². The summed E-state index contributed by atoms with van der Waals surface area (Å²) in [5.74, 6) is 0. The van der Waals surface area contributed by atoms with Crippen molar-refractivity contribution in [2.75, 3.05) is 0 Å². The molecule has 0 aromatic heterocycles. The third kappa shape index (κ3) is 39000. The van der Waals surface area contributed by atoms with Crippen LogP contribution in [0.1, 0.15) is 0 Å². The maximum absolute atomic E-state index is 6.50. The van der Waals surface area contributed by atoms with Crippen molar-refractivity contribution in [3.63, 3.8) is 0 Å². The molecule has 0 bridgehead atoms. The van der Waals surface area contributed by atoms with Crippen LogP contribution in [0.4, 0.5) is 0 Å². The van der Waals surface area contributed by atoms with Gasteiger partial charge in [-0.3, -0.25) is 0 Å². The number of rotatable bonds is 0. The average molecular weight is 76.0 g/mol. The van der Waals surface area contributed by atoms with E-state index in [1.54, 1.807) is 0 Å². The Kier molecular flexibility index (Phi) is 356000. The number of hydrogen-bond acceptors (Lipinski definition) is 2. The van der Waals surface area contributed by atoms with E-state index in [9.17, 15) is 0 Å². The molecule has 0 aromatic rings. The first-order valence-electron chi connectivity index (χ1n) is 0.482. The third-order valence-electron chi connectivity index (χ3n) is 0. The molecule has 0 fully saturated rings. The topological polar surface area (TPSA) is 47.6 Å². The fourth-order valence-corrected chi connectivity index (χ4v) is 0. The third-order valence-corrected chi connectivity index (χ3v) is 0. The maximum atomic E-state index is 6.50. The molecule has 0 atom stereocenters. The first-order valence-corrected chi connectivity index (χ1v) is 0.482. The molecule has 0 aliphatic carbocycles. The van der Waals surface area contributed by atoms with E-state index in [4.69, 9.17) is 17.1 Å². The van der Waals surface area contributed by atoms with Gasteiger partial charge in [-0.05, 0) is 0 Å². The van der Waals surface area contributed by atoms with E-state index >= 15 is 0 Å². The normalized spacial score (nSPS) is 0.800. The summed E-state index contributed by atoms with van der Waals surface area (Å²) in [6, 6.07) is 0. The van der Waals surface area contributed by atoms with Crippen LogP contribution >= 0.6 is 0 Å². The summed E-state index contributed by atoms with van der Waals surface area (Å²) in [5.41, 5.74) is 0. The first kappa shape index (κ1) is 20.1. The summed E-state index contributed by atoms with van der Waals surface area (Å²) in [7, 11) is 0. The zero-order valence-electron chi connectivity index (χ0n) is 2.97. The molecule has 0 spiro atoms. The Bertz CT molecular complexity index is 23.1. The van der Waals surface area contributed by atoms with E-state index in [1.165, 1.54) is 0 Å². The molecule has 0 rings (SSSR count). The monoisotopic (exact) mass is 76.0 g/mol. The van der Waals surface area contributed by atoms with Crippen LogP contribution in [0.3, 0.4) is 0 Å². The van der Waals surface area contributed by atoms with Crippen LogP contribution in [0.2, 0.25) is 0 Å². The Morgan fingerprint density at radius 1 is 1.20 bits per heavy atom. The number of hydrogen-bond donors (Lipinski definition) is 0. The standard InChI is InChI=1S/CHN.CN.Na/c2*1-2;/h1H;;/q;-1;+1. The van der Waals surface area contributed by atoms with Gasteiger partial charge in [0.2, 0.25) is 0 Å². The van der Waals surface area contributed by atoms with E-state index in [0.717, 1.165) is 0 Å². The predicted molar refractivity (Wildman–Crippen MR) is 11.6 cm³/mol. The minimum Gasteiger partial charge on any atom is -0.512 e. The first-order chi connectivity index (χ1) is 2.00. The summed E-state index contributed by atoms with van der Waals surface area (Å²) in [6.45, 7) is 8.25. The van der Waals surface area contributed by atoms with E-state index in [1.807, 2.05) is 0 Å². The Morgan fingerprint density at radius 2 is 1.20 bits per heavy atom. The van der Waals surface area contributed by atoms with Gasteiger partial charge in [0.25, 0.3) is 0 Å². The fraction of sp³-hybridized carbons (Fsp3) is 0. The van der Waals surface area contributed by atoms with Gasteiger partial charge in [0.05, 0.1) is 0 Å². The predicted octanol–water partition coefficient (Wildman–Crippen LogP) is -2.76. The smallest absolute Gasteiger partial charge is 0.512 e. The van der Waals surface area contributed by atoms with Gasteiger partial charge in [-0.15, -0.1) is 0 Å². The van der Waals surface area contributed by atoms with E-state index in [0.29, 0.717) is 0 Å². The largest absolute Gasteiger partial charge is 1.00 e. The van der Waals surface area contributed by atoms with Crippen molar-refractivity contribution in [3.05, 3.63) is 6.57 Å². The fourth-order valence-electron chi connectivity index (χ4n) is 0. The van der Waals surface area contributed by atoms with Crippen molar-refractivity contribution >= 4 is 0 Å². The van der Waals surface area contributed by atoms with Gasteiger partial charge in [-0.2, -0.15) is 0 Å². The molecule has 0 unspecified atom stereocenters. The van der Waals surface area contributed by atoms with Gasteiger partial charge in [0.1, 0.15) is 0 Å². The second-order valence-corrected chi connectivity index (χ2v) is 0. The Morgan fingerprint density at radius 3 is 1.20 bits per heavy atom. The molecule has 2 nitrogen and oxygen atoms in total. The molecule has 3 heteroatoms. The summed E-state index contributed by atoms with van der Waals surface area (Å²) in [6.07, 6.45) is 0. The number of nitrogens with zero attached hydrogens (tertiary/aromatic N) is 2. The molecule has 5 heavy (non-hydrogen) atoms.